The van der Waals surface area contributed by atoms with Gasteiger partial charge >= 0.3 is 0 Å². The van der Waals surface area contributed by atoms with Gasteiger partial charge in [0.15, 0.2) is 0 Å². The van der Waals surface area contributed by atoms with Gasteiger partial charge in [0.1, 0.15) is 0 Å². The van der Waals surface area contributed by atoms with E-state index in [2.05, 4.69) is 5.32 Å². The summed E-state index contributed by atoms with van der Waals surface area (Å²) in [6, 6.07) is 10.1. The molecule has 1 saturated carbocycles. The quantitative estimate of drug-likeness (QED) is 0.832. The van der Waals surface area contributed by atoms with E-state index in [1.54, 1.807) is 0 Å². The van der Waals surface area contributed by atoms with Gasteiger partial charge in [0.2, 0.25) is 5.91 Å². The first-order valence-corrected chi connectivity index (χ1v) is 6.34. The highest BCUT2D eigenvalue weighted by Gasteiger charge is 2.22. The maximum Gasteiger partial charge on any atom is 0.224 e. The Labute approximate surface area is 102 Å². The van der Waals surface area contributed by atoms with Crippen LogP contribution < -0.4 is 11.1 Å². The molecule has 92 valence electrons. The second-order valence-corrected chi connectivity index (χ2v) is 4.78. The van der Waals surface area contributed by atoms with Gasteiger partial charge in [-0.2, -0.15) is 0 Å². The van der Waals surface area contributed by atoms with Gasteiger partial charge in [-0.25, -0.2) is 0 Å². The first-order chi connectivity index (χ1) is 8.25. The number of hydrogen-bond donors (Lipinski definition) is 2. The van der Waals surface area contributed by atoms with E-state index in [0.29, 0.717) is 6.42 Å². The molecule has 0 aliphatic heterocycles. The molecule has 0 radical (unpaired) electrons. The lowest BCUT2D eigenvalue weighted by Crippen LogP contribution is -2.49. The number of nitrogens with two attached hydrogens (primary N) is 1. The van der Waals surface area contributed by atoms with Gasteiger partial charge in [-0.05, 0) is 18.4 Å². The average Bonchev–Trinajstić information content (AvgIpc) is 2.33. The average molecular weight is 232 g/mol. The number of nitrogens with one attached hydrogen (secondary N) is 1. The summed E-state index contributed by atoms with van der Waals surface area (Å²) < 4.78 is 0. The minimum Gasteiger partial charge on any atom is -0.352 e. The summed E-state index contributed by atoms with van der Waals surface area (Å²) in [5, 5.41) is 3.05. The van der Waals surface area contributed by atoms with Gasteiger partial charge in [0.05, 0.1) is 6.42 Å². The molecule has 1 amide bonds. The number of hydrogen-bond acceptors (Lipinski definition) is 2. The Kier molecular flexibility index (Phi) is 4.15. The van der Waals surface area contributed by atoms with Crippen LogP contribution in [0.25, 0.3) is 0 Å². The molecule has 0 spiro atoms. The largest absolute Gasteiger partial charge is 0.352 e. The van der Waals surface area contributed by atoms with E-state index < -0.39 is 0 Å². The van der Waals surface area contributed by atoms with Crippen molar-refractivity contribution < 1.29 is 4.79 Å². The molecule has 0 unspecified atom stereocenters. The lowest BCUT2D eigenvalue weighted by Gasteiger charge is -2.29. The Hall–Kier alpha value is -1.35. The van der Waals surface area contributed by atoms with E-state index in [1.807, 2.05) is 30.3 Å². The molecule has 0 aromatic heterocycles. The van der Waals surface area contributed by atoms with E-state index in [0.717, 1.165) is 18.4 Å². The molecular formula is C14H20N2O. The molecule has 0 saturated heterocycles. The third kappa shape index (κ3) is 3.56. The number of rotatable bonds is 3. The SMILES string of the molecule is N[C@H]1CCCC[C@H]1NC(=O)Cc1ccccc1. The topological polar surface area (TPSA) is 55.1 Å². The van der Waals surface area contributed by atoms with Crippen molar-refractivity contribution in [1.82, 2.24) is 5.32 Å². The zero-order valence-electron chi connectivity index (χ0n) is 10.1. The van der Waals surface area contributed by atoms with Crippen molar-refractivity contribution in [3.8, 4) is 0 Å². The van der Waals surface area contributed by atoms with Crippen LogP contribution in [0, 0.1) is 0 Å². The van der Waals surface area contributed by atoms with Gasteiger partial charge in [0, 0.05) is 12.1 Å². The standard InChI is InChI=1S/C14H20N2O/c15-12-8-4-5-9-13(12)16-14(17)10-11-6-2-1-3-7-11/h1-3,6-7,12-13H,4-5,8-10,15H2,(H,16,17)/t12-,13+/m0/s1. The van der Waals surface area contributed by atoms with Crippen molar-refractivity contribution in [2.75, 3.05) is 0 Å². The van der Waals surface area contributed by atoms with Crippen LogP contribution in [0.5, 0.6) is 0 Å². The number of amides is 1. The zero-order valence-corrected chi connectivity index (χ0v) is 10.1. The van der Waals surface area contributed by atoms with E-state index in [1.165, 1.54) is 12.8 Å². The predicted octanol–water partition coefficient (Wildman–Crippen LogP) is 1.62. The van der Waals surface area contributed by atoms with Gasteiger partial charge in [-0.1, -0.05) is 43.2 Å². The molecule has 3 nitrogen and oxygen atoms in total. The van der Waals surface area contributed by atoms with Crippen molar-refractivity contribution in [2.45, 2.75) is 44.2 Å². The van der Waals surface area contributed by atoms with Crippen LogP contribution in [0.3, 0.4) is 0 Å². The monoisotopic (exact) mass is 232 g/mol. The maximum absolute atomic E-state index is 11.9. The number of carbonyl (C=O) groups is 1. The predicted molar refractivity (Wildman–Crippen MR) is 68.5 cm³/mol. The van der Waals surface area contributed by atoms with Crippen LogP contribution in [0.2, 0.25) is 0 Å². The summed E-state index contributed by atoms with van der Waals surface area (Å²) in [7, 11) is 0. The van der Waals surface area contributed by atoms with E-state index in [-0.39, 0.29) is 18.0 Å². The Morgan fingerprint density at radius 1 is 1.24 bits per heavy atom. The maximum atomic E-state index is 11.9. The molecule has 3 N–H and O–H groups in total. The van der Waals surface area contributed by atoms with Crippen LogP contribution in [0.4, 0.5) is 0 Å². The summed E-state index contributed by atoms with van der Waals surface area (Å²) >= 11 is 0. The van der Waals surface area contributed by atoms with E-state index in [9.17, 15) is 4.79 Å². The highest BCUT2D eigenvalue weighted by Crippen LogP contribution is 2.16. The van der Waals surface area contributed by atoms with Crippen molar-refractivity contribution in [3.05, 3.63) is 35.9 Å². The van der Waals surface area contributed by atoms with Gasteiger partial charge in [-0.3, -0.25) is 4.79 Å². The molecule has 17 heavy (non-hydrogen) atoms. The van der Waals surface area contributed by atoms with E-state index >= 15 is 0 Å². The molecule has 1 aliphatic rings. The summed E-state index contributed by atoms with van der Waals surface area (Å²) in [5.74, 6) is 0.0820. The van der Waals surface area contributed by atoms with Crippen LogP contribution in [-0.2, 0) is 11.2 Å². The lowest BCUT2D eigenvalue weighted by molar-refractivity contribution is -0.121. The van der Waals surface area contributed by atoms with Crippen molar-refractivity contribution in [1.29, 1.82) is 0 Å². The fourth-order valence-corrected chi connectivity index (χ4v) is 2.38. The van der Waals surface area contributed by atoms with Crippen LogP contribution in [-0.4, -0.2) is 18.0 Å². The Bertz CT molecular complexity index is 364. The molecule has 1 aromatic rings. The first kappa shape index (κ1) is 12.1. The summed E-state index contributed by atoms with van der Waals surface area (Å²) in [6.07, 6.45) is 4.85. The van der Waals surface area contributed by atoms with Gasteiger partial charge in [-0.15, -0.1) is 0 Å². The fourth-order valence-electron chi connectivity index (χ4n) is 2.38. The summed E-state index contributed by atoms with van der Waals surface area (Å²) in [5.41, 5.74) is 7.06. The molecular weight excluding hydrogens is 212 g/mol. The normalized spacial score (nSPS) is 24.3. The number of carbonyl (C=O) groups excluding carboxylic acids is 1. The van der Waals surface area contributed by atoms with Gasteiger partial charge < -0.3 is 11.1 Å². The van der Waals surface area contributed by atoms with Crippen LogP contribution in [0.1, 0.15) is 31.2 Å². The third-order valence-electron chi connectivity index (χ3n) is 3.37. The molecule has 1 fully saturated rings. The summed E-state index contributed by atoms with van der Waals surface area (Å²) in [6.45, 7) is 0. The molecule has 1 aromatic carbocycles. The minimum atomic E-state index is 0.0820. The van der Waals surface area contributed by atoms with Gasteiger partial charge in [0.25, 0.3) is 0 Å². The van der Waals surface area contributed by atoms with Crippen molar-refractivity contribution >= 4 is 5.91 Å². The molecule has 2 rings (SSSR count). The highest BCUT2D eigenvalue weighted by molar-refractivity contribution is 5.78. The second-order valence-electron chi connectivity index (χ2n) is 4.78. The Balaban J connectivity index is 1.84. The zero-order chi connectivity index (χ0) is 12.1. The Morgan fingerprint density at radius 2 is 1.94 bits per heavy atom. The minimum absolute atomic E-state index is 0.0820. The molecule has 3 heteroatoms. The first-order valence-electron chi connectivity index (χ1n) is 6.34. The van der Waals surface area contributed by atoms with Crippen molar-refractivity contribution in [2.24, 2.45) is 5.73 Å². The molecule has 0 bridgehead atoms. The molecule has 1 aliphatic carbocycles. The summed E-state index contributed by atoms with van der Waals surface area (Å²) in [4.78, 5) is 11.9. The second kappa shape index (κ2) is 5.82. The molecule has 0 heterocycles. The molecule has 2 atom stereocenters. The number of benzene rings is 1. The smallest absolute Gasteiger partial charge is 0.224 e. The lowest BCUT2D eigenvalue weighted by atomic mass is 9.91. The highest BCUT2D eigenvalue weighted by atomic mass is 16.1. The third-order valence-corrected chi connectivity index (χ3v) is 3.37. The Morgan fingerprint density at radius 3 is 2.65 bits per heavy atom. The fraction of sp³-hybridized carbons (Fsp3) is 0.500. The van der Waals surface area contributed by atoms with Crippen LogP contribution in [0.15, 0.2) is 30.3 Å². The van der Waals surface area contributed by atoms with Crippen molar-refractivity contribution in [3.63, 3.8) is 0 Å². The van der Waals surface area contributed by atoms with E-state index in [4.69, 9.17) is 5.73 Å². The van der Waals surface area contributed by atoms with Crippen LogP contribution >= 0.6 is 0 Å².